The molecule has 1 atom stereocenters. The number of ether oxygens (including phenoxy) is 2. The summed E-state index contributed by atoms with van der Waals surface area (Å²) in [6.07, 6.45) is 4.27. The summed E-state index contributed by atoms with van der Waals surface area (Å²) in [5.74, 6) is 0.809. The van der Waals surface area contributed by atoms with Crippen LogP contribution in [0.3, 0.4) is 0 Å². The van der Waals surface area contributed by atoms with Crippen LogP contribution >= 0.6 is 0 Å². The van der Waals surface area contributed by atoms with Crippen LogP contribution in [0.1, 0.15) is 25.7 Å². The van der Waals surface area contributed by atoms with Crippen LogP contribution in [0.2, 0.25) is 0 Å². The maximum Gasteiger partial charge on any atom is 0.248 e. The summed E-state index contributed by atoms with van der Waals surface area (Å²) >= 11 is 0. The van der Waals surface area contributed by atoms with Crippen molar-refractivity contribution in [1.29, 1.82) is 0 Å². The maximum atomic E-state index is 12.8. The molecule has 3 N–H and O–H groups in total. The highest BCUT2D eigenvalue weighted by Gasteiger charge is 2.31. The predicted octanol–water partition coefficient (Wildman–Crippen LogP) is 1.50. The van der Waals surface area contributed by atoms with Gasteiger partial charge in [-0.05, 0) is 30.9 Å². The number of rotatable bonds is 7. The number of hydrogen-bond acceptors (Lipinski definition) is 5. The number of hydrogen-bond donors (Lipinski definition) is 2. The molecule has 1 saturated carbocycles. The highest BCUT2D eigenvalue weighted by Crippen LogP contribution is 2.34. The van der Waals surface area contributed by atoms with Crippen LogP contribution in [-0.4, -0.2) is 35.2 Å². The topological polar surface area (TPSA) is 90.6 Å². The molecule has 0 bridgehead atoms. The van der Waals surface area contributed by atoms with E-state index >= 15 is 0 Å². The van der Waals surface area contributed by atoms with Gasteiger partial charge in [-0.15, -0.1) is 0 Å². The molecule has 6 nitrogen and oxygen atoms in total. The molecule has 0 heterocycles. The van der Waals surface area contributed by atoms with Crippen LogP contribution in [0.4, 0.5) is 0 Å². The average Bonchev–Trinajstić information content (AvgIpc) is 3.06. The molecular weight excluding hydrogens is 304 g/mol. The first kappa shape index (κ1) is 17.1. The molecule has 1 fully saturated rings. The molecule has 0 radical (unpaired) electrons. The Hall–Kier alpha value is -1.31. The third-order valence-corrected chi connectivity index (χ3v) is 5.73. The number of benzene rings is 1. The molecule has 0 spiro atoms. The summed E-state index contributed by atoms with van der Waals surface area (Å²) in [7, 11) is -0.903. The van der Waals surface area contributed by atoms with Crippen molar-refractivity contribution < 1.29 is 17.9 Å². The zero-order chi connectivity index (χ0) is 16.2. The Kier molecular flexibility index (Phi) is 5.66. The van der Waals surface area contributed by atoms with Gasteiger partial charge in [0.1, 0.15) is 11.5 Å². The molecule has 0 aromatic heterocycles. The fraction of sp³-hybridized carbons (Fsp3) is 0.600. The second kappa shape index (κ2) is 7.30. The maximum absolute atomic E-state index is 12.8. The van der Waals surface area contributed by atoms with E-state index in [9.17, 15) is 8.42 Å². The van der Waals surface area contributed by atoms with E-state index in [0.717, 1.165) is 25.7 Å². The Morgan fingerprint density at radius 2 is 1.77 bits per heavy atom. The SMILES string of the molecule is COc1cccc(OC)c1S(=O)(=O)NC(CN)C1CCCC1. The zero-order valence-electron chi connectivity index (χ0n) is 13.0. The Morgan fingerprint density at radius 1 is 1.23 bits per heavy atom. The van der Waals surface area contributed by atoms with Crippen LogP contribution in [-0.2, 0) is 10.0 Å². The third kappa shape index (κ3) is 3.53. The molecule has 1 unspecified atom stereocenters. The van der Waals surface area contributed by atoms with E-state index in [1.807, 2.05) is 0 Å². The summed E-state index contributed by atoms with van der Waals surface area (Å²) in [5, 5.41) is 0. The van der Waals surface area contributed by atoms with E-state index in [2.05, 4.69) is 4.72 Å². The van der Waals surface area contributed by atoms with Gasteiger partial charge in [-0.2, -0.15) is 0 Å². The lowest BCUT2D eigenvalue weighted by atomic mass is 9.99. The number of sulfonamides is 1. The van der Waals surface area contributed by atoms with Gasteiger partial charge in [0, 0.05) is 12.6 Å². The molecule has 0 saturated heterocycles. The van der Waals surface area contributed by atoms with Gasteiger partial charge in [-0.1, -0.05) is 18.9 Å². The summed E-state index contributed by atoms with van der Waals surface area (Å²) in [6, 6.07) is 4.63. The molecule has 1 aromatic carbocycles. The van der Waals surface area contributed by atoms with Gasteiger partial charge in [0.2, 0.25) is 10.0 Å². The molecular formula is C15H24N2O4S. The van der Waals surface area contributed by atoms with E-state index in [-0.39, 0.29) is 29.0 Å². The molecule has 0 amide bonds. The minimum atomic E-state index is -3.77. The zero-order valence-corrected chi connectivity index (χ0v) is 13.9. The molecule has 0 aliphatic heterocycles. The van der Waals surface area contributed by atoms with E-state index in [4.69, 9.17) is 15.2 Å². The quantitative estimate of drug-likeness (QED) is 0.791. The van der Waals surface area contributed by atoms with Crippen LogP contribution in [0.15, 0.2) is 23.1 Å². The Morgan fingerprint density at radius 3 is 2.23 bits per heavy atom. The molecule has 22 heavy (non-hydrogen) atoms. The fourth-order valence-corrected chi connectivity index (χ4v) is 4.67. The van der Waals surface area contributed by atoms with Crippen molar-refractivity contribution in [1.82, 2.24) is 4.72 Å². The minimum Gasteiger partial charge on any atom is -0.495 e. The smallest absolute Gasteiger partial charge is 0.248 e. The number of methoxy groups -OCH3 is 2. The highest BCUT2D eigenvalue weighted by atomic mass is 32.2. The van der Waals surface area contributed by atoms with Crippen molar-refractivity contribution >= 4 is 10.0 Å². The first-order valence-corrected chi connectivity index (χ1v) is 8.95. The van der Waals surface area contributed by atoms with Crippen LogP contribution in [0, 0.1) is 5.92 Å². The second-order valence-electron chi connectivity index (χ2n) is 5.50. The van der Waals surface area contributed by atoms with Crippen molar-refractivity contribution in [3.63, 3.8) is 0 Å². The lowest BCUT2D eigenvalue weighted by Crippen LogP contribution is -2.44. The van der Waals surface area contributed by atoms with Gasteiger partial charge in [-0.25, -0.2) is 13.1 Å². The first-order valence-electron chi connectivity index (χ1n) is 7.47. The largest absolute Gasteiger partial charge is 0.495 e. The van der Waals surface area contributed by atoms with E-state index in [0.29, 0.717) is 5.92 Å². The van der Waals surface area contributed by atoms with Crippen molar-refractivity contribution in [2.75, 3.05) is 20.8 Å². The number of nitrogens with one attached hydrogen (secondary N) is 1. The van der Waals surface area contributed by atoms with E-state index in [1.54, 1.807) is 18.2 Å². The summed E-state index contributed by atoms with van der Waals surface area (Å²) in [4.78, 5) is 0.0245. The first-order chi connectivity index (χ1) is 10.5. The summed E-state index contributed by atoms with van der Waals surface area (Å²) < 4.78 is 38.7. The standard InChI is InChI=1S/C15H24N2O4S/c1-20-13-8-5-9-14(21-2)15(13)22(18,19)17-12(10-16)11-6-3-4-7-11/h5,8-9,11-12,17H,3-4,6-7,10,16H2,1-2H3. The second-order valence-corrected chi connectivity index (χ2v) is 7.15. The Labute approximate surface area is 132 Å². The van der Waals surface area contributed by atoms with Crippen molar-refractivity contribution in [3.8, 4) is 11.5 Å². The molecule has 2 rings (SSSR count). The van der Waals surface area contributed by atoms with Crippen molar-refractivity contribution in [2.45, 2.75) is 36.6 Å². The van der Waals surface area contributed by atoms with Crippen LogP contribution in [0.25, 0.3) is 0 Å². The van der Waals surface area contributed by atoms with E-state index in [1.165, 1.54) is 14.2 Å². The van der Waals surface area contributed by atoms with Gasteiger partial charge in [0.05, 0.1) is 14.2 Å². The highest BCUT2D eigenvalue weighted by molar-refractivity contribution is 7.89. The molecule has 124 valence electrons. The lowest BCUT2D eigenvalue weighted by Gasteiger charge is -2.24. The van der Waals surface area contributed by atoms with Crippen LogP contribution in [0.5, 0.6) is 11.5 Å². The Bertz CT molecular complexity index is 575. The van der Waals surface area contributed by atoms with Crippen molar-refractivity contribution in [2.24, 2.45) is 11.7 Å². The fourth-order valence-electron chi connectivity index (χ4n) is 3.04. The minimum absolute atomic E-state index is 0.0245. The van der Waals surface area contributed by atoms with Crippen LogP contribution < -0.4 is 19.9 Å². The van der Waals surface area contributed by atoms with E-state index < -0.39 is 10.0 Å². The molecule has 1 aliphatic rings. The lowest BCUT2D eigenvalue weighted by molar-refractivity contribution is 0.369. The van der Waals surface area contributed by atoms with Gasteiger partial charge in [0.25, 0.3) is 0 Å². The molecule has 1 aliphatic carbocycles. The average molecular weight is 328 g/mol. The Balaban J connectivity index is 2.33. The van der Waals surface area contributed by atoms with Gasteiger partial charge < -0.3 is 15.2 Å². The predicted molar refractivity (Wildman–Crippen MR) is 84.7 cm³/mol. The molecule has 7 heteroatoms. The monoisotopic (exact) mass is 328 g/mol. The number of nitrogens with two attached hydrogens (primary N) is 1. The molecule has 1 aromatic rings. The van der Waals surface area contributed by atoms with Gasteiger partial charge >= 0.3 is 0 Å². The summed E-state index contributed by atoms with van der Waals surface area (Å²) in [6.45, 7) is 0.279. The summed E-state index contributed by atoms with van der Waals surface area (Å²) in [5.41, 5.74) is 5.79. The van der Waals surface area contributed by atoms with Gasteiger partial charge in [-0.3, -0.25) is 0 Å². The third-order valence-electron chi connectivity index (χ3n) is 4.18. The van der Waals surface area contributed by atoms with Gasteiger partial charge in [0.15, 0.2) is 4.90 Å². The normalized spacial score (nSPS) is 17.4. The van der Waals surface area contributed by atoms with Crippen molar-refractivity contribution in [3.05, 3.63) is 18.2 Å².